The van der Waals surface area contributed by atoms with Gasteiger partial charge in [-0.2, -0.15) is 0 Å². The largest absolute Gasteiger partial charge is 0.268 e. The number of imide groups is 1. The maximum atomic E-state index is 13.0. The molecule has 0 saturated heterocycles. The zero-order chi connectivity index (χ0) is 19.0. The van der Waals surface area contributed by atoms with E-state index >= 15 is 0 Å². The second-order valence-electron chi connectivity index (χ2n) is 9.69. The van der Waals surface area contributed by atoms with Gasteiger partial charge in [-0.25, -0.2) is 4.90 Å². The van der Waals surface area contributed by atoms with E-state index in [1.165, 1.54) is 49.0 Å². The molecule has 2 aromatic carbocycles. The molecule has 0 radical (unpaired) electrons. The van der Waals surface area contributed by atoms with Gasteiger partial charge in [-0.15, -0.1) is 0 Å². The van der Waals surface area contributed by atoms with Crippen LogP contribution in [0.15, 0.2) is 42.5 Å². The third-order valence-corrected chi connectivity index (χ3v) is 7.89. The lowest BCUT2D eigenvalue weighted by molar-refractivity contribution is -0.00518. The van der Waals surface area contributed by atoms with Crippen LogP contribution < -0.4 is 4.90 Å². The van der Waals surface area contributed by atoms with Gasteiger partial charge in [0.2, 0.25) is 0 Å². The van der Waals surface area contributed by atoms with Crippen LogP contribution >= 0.6 is 0 Å². The van der Waals surface area contributed by atoms with Gasteiger partial charge in [-0.3, -0.25) is 9.59 Å². The van der Waals surface area contributed by atoms with Crippen molar-refractivity contribution in [3.63, 3.8) is 0 Å². The van der Waals surface area contributed by atoms with E-state index < -0.39 is 0 Å². The Hall–Kier alpha value is -2.42. The van der Waals surface area contributed by atoms with Gasteiger partial charge >= 0.3 is 0 Å². The molecule has 4 fully saturated rings. The van der Waals surface area contributed by atoms with Gasteiger partial charge in [-0.1, -0.05) is 24.3 Å². The lowest BCUT2D eigenvalue weighted by Gasteiger charge is -2.57. The minimum atomic E-state index is -0.189. The topological polar surface area (TPSA) is 37.4 Å². The minimum Gasteiger partial charge on any atom is -0.268 e. The van der Waals surface area contributed by atoms with Gasteiger partial charge in [0.15, 0.2) is 0 Å². The van der Waals surface area contributed by atoms with Crippen molar-refractivity contribution in [3.8, 4) is 0 Å². The molecule has 4 bridgehead atoms. The normalized spacial score (nSPS) is 32.9. The summed E-state index contributed by atoms with van der Waals surface area (Å²) >= 11 is 0. The van der Waals surface area contributed by atoms with Crippen LogP contribution in [-0.2, 0) is 5.41 Å². The molecule has 0 unspecified atom stereocenters. The molecule has 7 rings (SSSR count). The van der Waals surface area contributed by atoms with Crippen LogP contribution in [0.25, 0.3) is 0 Å². The summed E-state index contributed by atoms with van der Waals surface area (Å²) in [4.78, 5) is 27.5. The fourth-order valence-corrected chi connectivity index (χ4v) is 7.05. The first kappa shape index (κ1) is 16.5. The Bertz CT molecular complexity index is 951. The average Bonchev–Trinajstić information content (AvgIpc) is 2.92. The van der Waals surface area contributed by atoms with Crippen molar-refractivity contribution >= 4 is 17.5 Å². The summed E-state index contributed by atoms with van der Waals surface area (Å²) in [6.07, 6.45) is 8.08. The molecule has 4 aliphatic carbocycles. The first-order valence-corrected chi connectivity index (χ1v) is 10.6. The van der Waals surface area contributed by atoms with E-state index in [1.54, 1.807) is 12.1 Å². The van der Waals surface area contributed by atoms with Gasteiger partial charge < -0.3 is 0 Å². The summed E-state index contributed by atoms with van der Waals surface area (Å²) in [6, 6.07) is 13.7. The van der Waals surface area contributed by atoms with Gasteiger partial charge in [0.1, 0.15) is 0 Å². The number of hydrogen-bond donors (Lipinski definition) is 0. The second-order valence-corrected chi connectivity index (χ2v) is 9.69. The summed E-state index contributed by atoms with van der Waals surface area (Å²) in [5.41, 5.74) is 4.42. The summed E-state index contributed by atoms with van der Waals surface area (Å²) in [6.45, 7) is 2.00. The maximum absolute atomic E-state index is 13.0. The summed E-state index contributed by atoms with van der Waals surface area (Å²) < 4.78 is 0. The third-order valence-electron chi connectivity index (χ3n) is 7.89. The van der Waals surface area contributed by atoms with Crippen molar-refractivity contribution in [2.24, 2.45) is 17.8 Å². The quantitative estimate of drug-likeness (QED) is 0.675. The van der Waals surface area contributed by atoms with E-state index in [0.717, 1.165) is 29.0 Å². The average molecular weight is 371 g/mol. The lowest BCUT2D eigenvalue weighted by Crippen LogP contribution is -2.48. The van der Waals surface area contributed by atoms with Crippen molar-refractivity contribution in [1.82, 2.24) is 0 Å². The zero-order valence-electron chi connectivity index (χ0n) is 16.3. The first-order chi connectivity index (χ1) is 13.5. The molecule has 28 heavy (non-hydrogen) atoms. The molecule has 0 N–H and O–H groups in total. The standard InChI is InChI=1S/C25H25NO2/c1-15-6-7-19(25-12-16-8-17(13-25)10-18(9-16)14-25)11-22(15)26-23(27)20-4-2-3-5-21(20)24(26)28/h2-7,11,16-18H,8-10,12-14H2,1H3. The van der Waals surface area contributed by atoms with Gasteiger partial charge in [0, 0.05) is 0 Å². The number of carbonyl (C=O) groups is 2. The molecule has 0 atom stereocenters. The molecule has 2 amide bonds. The monoisotopic (exact) mass is 371 g/mol. The Morgan fingerprint density at radius 2 is 1.36 bits per heavy atom. The Morgan fingerprint density at radius 1 is 0.821 bits per heavy atom. The van der Waals surface area contributed by atoms with Crippen molar-refractivity contribution in [2.45, 2.75) is 50.9 Å². The summed E-state index contributed by atoms with van der Waals surface area (Å²) in [5, 5.41) is 0. The Morgan fingerprint density at radius 3 is 1.89 bits per heavy atom. The smallest absolute Gasteiger partial charge is 0.266 e. The number of hydrogen-bond acceptors (Lipinski definition) is 2. The molecular formula is C25H25NO2. The predicted molar refractivity (Wildman–Crippen MR) is 109 cm³/mol. The number of aryl methyl sites for hydroxylation is 1. The van der Waals surface area contributed by atoms with E-state index in [2.05, 4.69) is 18.2 Å². The van der Waals surface area contributed by atoms with Gasteiger partial charge in [0.05, 0.1) is 16.8 Å². The molecule has 1 heterocycles. The number of nitrogens with zero attached hydrogens (tertiary/aromatic N) is 1. The van der Waals surface area contributed by atoms with Crippen LogP contribution in [0, 0.1) is 24.7 Å². The molecule has 2 aromatic rings. The van der Waals surface area contributed by atoms with Crippen molar-refractivity contribution in [2.75, 3.05) is 4.90 Å². The third kappa shape index (κ3) is 2.16. The van der Waals surface area contributed by atoms with E-state index in [-0.39, 0.29) is 17.2 Å². The second kappa shape index (κ2) is 5.56. The van der Waals surface area contributed by atoms with Crippen LogP contribution in [0.3, 0.4) is 0 Å². The highest BCUT2D eigenvalue weighted by atomic mass is 16.2. The lowest BCUT2D eigenvalue weighted by atomic mass is 9.48. The van der Waals surface area contributed by atoms with Gasteiger partial charge in [0.25, 0.3) is 11.8 Å². The van der Waals surface area contributed by atoms with Crippen LogP contribution in [0.4, 0.5) is 5.69 Å². The Labute approximate surface area is 165 Å². The minimum absolute atomic E-state index is 0.189. The summed E-state index contributed by atoms with van der Waals surface area (Å²) in [7, 11) is 0. The molecule has 3 heteroatoms. The number of carbonyl (C=O) groups excluding carboxylic acids is 2. The first-order valence-electron chi connectivity index (χ1n) is 10.6. The summed E-state index contributed by atoms with van der Waals surface area (Å²) in [5.74, 6) is 2.23. The van der Waals surface area contributed by atoms with E-state index in [4.69, 9.17) is 0 Å². The number of rotatable bonds is 2. The van der Waals surface area contributed by atoms with Crippen molar-refractivity contribution in [3.05, 3.63) is 64.7 Å². The molecule has 0 aromatic heterocycles. The molecule has 4 saturated carbocycles. The Kier molecular flexibility index (Phi) is 3.28. The molecule has 0 spiro atoms. The fourth-order valence-electron chi connectivity index (χ4n) is 7.05. The Balaban J connectivity index is 1.43. The van der Waals surface area contributed by atoms with E-state index in [0.29, 0.717) is 11.1 Å². The molecular weight excluding hydrogens is 346 g/mol. The highest BCUT2D eigenvalue weighted by molar-refractivity contribution is 6.34. The molecule has 142 valence electrons. The maximum Gasteiger partial charge on any atom is 0.266 e. The van der Waals surface area contributed by atoms with Crippen LogP contribution in [-0.4, -0.2) is 11.8 Å². The number of amides is 2. The van der Waals surface area contributed by atoms with E-state index in [1.807, 2.05) is 19.1 Å². The number of benzene rings is 2. The number of anilines is 1. The highest BCUT2D eigenvalue weighted by Gasteiger charge is 2.51. The fraction of sp³-hybridized carbons (Fsp3) is 0.440. The van der Waals surface area contributed by atoms with Crippen LogP contribution in [0.5, 0.6) is 0 Å². The SMILES string of the molecule is Cc1ccc(C23CC4CC(CC(C4)C2)C3)cc1N1C(=O)c2ccccc2C1=O. The van der Waals surface area contributed by atoms with Gasteiger partial charge in [-0.05, 0) is 97.9 Å². The van der Waals surface area contributed by atoms with E-state index in [9.17, 15) is 9.59 Å². The van der Waals surface area contributed by atoms with Crippen LogP contribution in [0.2, 0.25) is 0 Å². The van der Waals surface area contributed by atoms with Crippen molar-refractivity contribution < 1.29 is 9.59 Å². The molecule has 1 aliphatic heterocycles. The van der Waals surface area contributed by atoms with Crippen LogP contribution in [0.1, 0.15) is 70.4 Å². The molecule has 5 aliphatic rings. The number of fused-ring (bicyclic) bond motifs is 1. The van der Waals surface area contributed by atoms with Crippen molar-refractivity contribution in [1.29, 1.82) is 0 Å². The predicted octanol–water partition coefficient (Wildman–Crippen LogP) is 5.26. The zero-order valence-corrected chi connectivity index (χ0v) is 16.3. The molecule has 3 nitrogen and oxygen atoms in total. The highest BCUT2D eigenvalue weighted by Crippen LogP contribution is 2.61.